The Morgan fingerprint density at radius 1 is 1.33 bits per heavy atom. The van der Waals surface area contributed by atoms with Gasteiger partial charge in [-0.15, -0.1) is 0 Å². The van der Waals surface area contributed by atoms with Crippen LogP contribution in [0, 0.1) is 0 Å². The molecule has 0 amide bonds. The number of hydrogen-bond donors (Lipinski definition) is 0. The summed E-state index contributed by atoms with van der Waals surface area (Å²) < 4.78 is 9.38. The first kappa shape index (κ1) is 9.73. The van der Waals surface area contributed by atoms with Gasteiger partial charge in [0.1, 0.15) is 5.58 Å². The normalized spacial score (nSPS) is 10.2. The zero-order valence-electron chi connectivity index (χ0n) is 7.40. The molecule has 1 aromatic heterocycles. The lowest BCUT2D eigenvalue weighted by Gasteiger charge is -1.99. The topological polar surface area (TPSA) is 56.5 Å². The number of rotatable bonds is 1. The SMILES string of the molecule is O=C(Cl)Oc1cc2ccccc2oc1=O. The van der Waals surface area contributed by atoms with E-state index in [0.717, 1.165) is 0 Å². The number of benzene rings is 1. The quantitative estimate of drug-likeness (QED) is 0.552. The molecule has 1 heterocycles. The highest BCUT2D eigenvalue weighted by Gasteiger charge is 2.08. The summed E-state index contributed by atoms with van der Waals surface area (Å²) in [6.45, 7) is 0. The predicted molar refractivity (Wildman–Crippen MR) is 54.4 cm³/mol. The van der Waals surface area contributed by atoms with Gasteiger partial charge in [0.25, 0.3) is 0 Å². The Morgan fingerprint density at radius 3 is 2.80 bits per heavy atom. The van der Waals surface area contributed by atoms with E-state index < -0.39 is 11.1 Å². The van der Waals surface area contributed by atoms with Gasteiger partial charge in [-0.05, 0) is 12.1 Å². The van der Waals surface area contributed by atoms with E-state index in [1.165, 1.54) is 6.07 Å². The van der Waals surface area contributed by atoms with E-state index in [1.807, 2.05) is 0 Å². The van der Waals surface area contributed by atoms with Gasteiger partial charge in [0.2, 0.25) is 5.75 Å². The Balaban J connectivity index is 2.62. The van der Waals surface area contributed by atoms with E-state index in [2.05, 4.69) is 4.74 Å². The lowest BCUT2D eigenvalue weighted by molar-refractivity contribution is 0.224. The molecule has 0 aliphatic rings. The fourth-order valence-electron chi connectivity index (χ4n) is 1.20. The van der Waals surface area contributed by atoms with Crippen LogP contribution >= 0.6 is 11.6 Å². The van der Waals surface area contributed by atoms with Gasteiger partial charge < -0.3 is 9.15 Å². The van der Waals surface area contributed by atoms with Gasteiger partial charge in [-0.3, -0.25) is 0 Å². The molecule has 1 aromatic carbocycles. The van der Waals surface area contributed by atoms with Gasteiger partial charge in [-0.1, -0.05) is 18.2 Å². The maximum Gasteiger partial charge on any atom is 0.409 e. The van der Waals surface area contributed by atoms with Gasteiger partial charge in [0.15, 0.2) is 0 Å². The molecule has 0 saturated carbocycles. The van der Waals surface area contributed by atoms with Crippen molar-refractivity contribution in [1.82, 2.24) is 0 Å². The lowest BCUT2D eigenvalue weighted by atomic mass is 10.2. The van der Waals surface area contributed by atoms with E-state index in [9.17, 15) is 9.59 Å². The molecule has 4 nitrogen and oxygen atoms in total. The van der Waals surface area contributed by atoms with Crippen molar-refractivity contribution >= 4 is 28.0 Å². The zero-order valence-corrected chi connectivity index (χ0v) is 8.15. The molecule has 0 radical (unpaired) electrons. The zero-order chi connectivity index (χ0) is 10.8. The lowest BCUT2D eigenvalue weighted by Crippen LogP contribution is -2.08. The summed E-state index contributed by atoms with van der Waals surface area (Å²) in [5.74, 6) is -0.214. The van der Waals surface area contributed by atoms with Gasteiger partial charge in [-0.25, -0.2) is 9.59 Å². The first-order valence-electron chi connectivity index (χ1n) is 4.07. The Kier molecular flexibility index (Phi) is 2.43. The molecule has 0 unspecified atom stereocenters. The highest BCUT2D eigenvalue weighted by Crippen LogP contribution is 2.16. The average molecular weight is 225 g/mol. The summed E-state index contributed by atoms with van der Waals surface area (Å²) >= 11 is 4.99. The summed E-state index contributed by atoms with van der Waals surface area (Å²) in [7, 11) is 0. The van der Waals surface area contributed by atoms with Crippen molar-refractivity contribution in [3.63, 3.8) is 0 Å². The Morgan fingerprint density at radius 2 is 2.07 bits per heavy atom. The summed E-state index contributed by atoms with van der Waals surface area (Å²) in [5, 5.41) is 0.657. The van der Waals surface area contributed by atoms with Crippen molar-refractivity contribution in [2.75, 3.05) is 0 Å². The van der Waals surface area contributed by atoms with Crippen molar-refractivity contribution < 1.29 is 13.9 Å². The number of halogens is 1. The molecule has 0 atom stereocenters. The molecule has 0 spiro atoms. The first-order valence-corrected chi connectivity index (χ1v) is 4.45. The fraction of sp³-hybridized carbons (Fsp3) is 0. The Labute approximate surface area is 89.0 Å². The van der Waals surface area contributed by atoms with Crippen molar-refractivity contribution in [2.24, 2.45) is 0 Å². The highest BCUT2D eigenvalue weighted by molar-refractivity contribution is 6.61. The van der Waals surface area contributed by atoms with Crippen LogP contribution in [0.1, 0.15) is 0 Å². The molecule has 0 aliphatic heterocycles. The first-order chi connectivity index (χ1) is 7.16. The molecular formula is C10H5ClO4. The average Bonchev–Trinajstić information content (AvgIpc) is 2.18. The van der Waals surface area contributed by atoms with Crippen molar-refractivity contribution in [2.45, 2.75) is 0 Å². The minimum absolute atomic E-state index is 0.214. The maximum atomic E-state index is 11.3. The Bertz CT molecular complexity index is 573. The largest absolute Gasteiger partial charge is 0.420 e. The highest BCUT2D eigenvalue weighted by atomic mass is 35.5. The van der Waals surface area contributed by atoms with Gasteiger partial charge in [0.05, 0.1) is 0 Å². The summed E-state index contributed by atoms with van der Waals surface area (Å²) in [6, 6.07) is 8.28. The molecule has 15 heavy (non-hydrogen) atoms. The van der Waals surface area contributed by atoms with Gasteiger partial charge >= 0.3 is 11.1 Å². The summed E-state index contributed by atoms with van der Waals surface area (Å²) in [5.41, 5.74) is -1.38. The van der Waals surface area contributed by atoms with E-state index in [-0.39, 0.29) is 5.75 Å². The third kappa shape index (κ3) is 1.99. The molecule has 5 heteroatoms. The Hall–Kier alpha value is -1.81. The van der Waals surface area contributed by atoms with Crippen molar-refractivity contribution in [3.05, 3.63) is 40.8 Å². The summed E-state index contributed by atoms with van der Waals surface area (Å²) in [4.78, 5) is 21.7. The molecule has 0 aliphatic carbocycles. The minimum atomic E-state index is -1.07. The number of para-hydroxylation sites is 1. The van der Waals surface area contributed by atoms with E-state index in [4.69, 9.17) is 16.0 Å². The van der Waals surface area contributed by atoms with E-state index in [1.54, 1.807) is 24.3 Å². The van der Waals surface area contributed by atoms with Crippen LogP contribution < -0.4 is 10.4 Å². The van der Waals surface area contributed by atoms with Crippen molar-refractivity contribution in [1.29, 1.82) is 0 Å². The second-order valence-electron chi connectivity index (χ2n) is 2.78. The second-order valence-corrected chi connectivity index (χ2v) is 3.08. The van der Waals surface area contributed by atoms with Crippen molar-refractivity contribution in [3.8, 4) is 5.75 Å². The molecule has 0 saturated heterocycles. The molecule has 0 N–H and O–H groups in total. The number of hydrogen-bond acceptors (Lipinski definition) is 4. The molecule has 2 rings (SSSR count). The minimum Gasteiger partial charge on any atom is -0.420 e. The smallest absolute Gasteiger partial charge is 0.409 e. The van der Waals surface area contributed by atoms with Crippen LogP contribution in [0.15, 0.2) is 39.5 Å². The van der Waals surface area contributed by atoms with E-state index >= 15 is 0 Å². The van der Waals surface area contributed by atoms with Crippen LogP contribution in [0.25, 0.3) is 11.0 Å². The molecular weight excluding hydrogens is 220 g/mol. The molecule has 2 aromatic rings. The van der Waals surface area contributed by atoms with Crippen LogP contribution in [-0.4, -0.2) is 5.43 Å². The van der Waals surface area contributed by atoms with Crippen LogP contribution in [0.4, 0.5) is 4.79 Å². The number of carbonyl (C=O) groups is 1. The number of carbonyl (C=O) groups excluding carboxylic acids is 1. The van der Waals surface area contributed by atoms with Crippen LogP contribution in [0.5, 0.6) is 5.75 Å². The number of fused-ring (bicyclic) bond motifs is 1. The standard InChI is InChI=1S/C10H5ClO4/c11-10(13)15-8-5-6-3-1-2-4-7(6)14-9(8)12/h1-5H. The number of ether oxygens (including phenoxy) is 1. The predicted octanol–water partition coefficient (Wildman–Crippen LogP) is 2.53. The molecule has 0 fully saturated rings. The van der Waals surface area contributed by atoms with Crippen LogP contribution in [0.3, 0.4) is 0 Å². The van der Waals surface area contributed by atoms with Gasteiger partial charge in [0, 0.05) is 17.0 Å². The summed E-state index contributed by atoms with van der Waals surface area (Å²) in [6.07, 6.45) is 0. The third-order valence-corrected chi connectivity index (χ3v) is 1.88. The molecule has 0 bridgehead atoms. The maximum absolute atomic E-state index is 11.3. The van der Waals surface area contributed by atoms with E-state index in [0.29, 0.717) is 11.0 Å². The van der Waals surface area contributed by atoms with Crippen LogP contribution in [-0.2, 0) is 0 Å². The fourth-order valence-corrected chi connectivity index (χ4v) is 1.28. The second kappa shape index (κ2) is 3.74. The van der Waals surface area contributed by atoms with Crippen LogP contribution in [0.2, 0.25) is 0 Å². The van der Waals surface area contributed by atoms with Gasteiger partial charge in [-0.2, -0.15) is 0 Å². The third-order valence-electron chi connectivity index (χ3n) is 1.80. The monoisotopic (exact) mass is 224 g/mol. The molecule has 76 valence electrons.